The van der Waals surface area contributed by atoms with Crippen molar-refractivity contribution in [2.45, 2.75) is 39.5 Å². The molecule has 0 aliphatic heterocycles. The summed E-state index contributed by atoms with van der Waals surface area (Å²) in [6, 6.07) is 0. The van der Waals surface area contributed by atoms with Crippen molar-refractivity contribution in [1.82, 2.24) is 0 Å². The van der Waals surface area contributed by atoms with Gasteiger partial charge in [-0.15, -0.1) is 0 Å². The van der Waals surface area contributed by atoms with Crippen LogP contribution in [-0.4, -0.2) is 45.8 Å². The van der Waals surface area contributed by atoms with Gasteiger partial charge in [0.05, 0.1) is 0 Å². The van der Waals surface area contributed by atoms with Gasteiger partial charge < -0.3 is 10.2 Å². The molecule has 0 aromatic rings. The molecule has 80 valence electrons. The van der Waals surface area contributed by atoms with Crippen molar-refractivity contribution < 1.29 is 19.8 Å². The van der Waals surface area contributed by atoms with Crippen molar-refractivity contribution in [3.8, 4) is 0 Å². The molecule has 0 aliphatic rings. The first-order chi connectivity index (χ1) is 5.54. The minimum atomic E-state index is -0.711. The molecule has 0 aromatic heterocycles. The monoisotopic (exact) mass is 308 g/mol. The van der Waals surface area contributed by atoms with Crippen molar-refractivity contribution in [1.29, 1.82) is 0 Å². The van der Waals surface area contributed by atoms with Crippen LogP contribution in [0.4, 0.5) is 0 Å². The third-order valence-corrected chi connectivity index (χ3v) is 0.928. The summed E-state index contributed by atoms with van der Waals surface area (Å²) >= 11 is 0. The number of carboxylic acid groups (broad SMARTS) is 2. The molecule has 0 unspecified atom stereocenters. The van der Waals surface area contributed by atoms with E-state index in [-0.39, 0.29) is 23.7 Å². The maximum absolute atomic E-state index is 9.60. The van der Waals surface area contributed by atoms with Gasteiger partial charge in [0.2, 0.25) is 0 Å². The van der Waals surface area contributed by atoms with Crippen LogP contribution >= 0.6 is 0 Å². The van der Waals surface area contributed by atoms with Gasteiger partial charge in [-0.3, -0.25) is 9.59 Å². The Hall–Kier alpha value is -0.270. The van der Waals surface area contributed by atoms with Gasteiger partial charge in [-0.25, -0.2) is 0 Å². The van der Waals surface area contributed by atoms with Crippen LogP contribution in [-0.2, 0) is 9.59 Å². The van der Waals surface area contributed by atoms with Crippen molar-refractivity contribution in [2.24, 2.45) is 0 Å². The fourth-order valence-corrected chi connectivity index (χ4v) is 0.428. The van der Waals surface area contributed by atoms with E-state index in [0.717, 1.165) is 12.8 Å². The zero-order chi connectivity index (χ0) is 9.98. The number of carboxylic acids is 2. The summed E-state index contributed by atoms with van der Waals surface area (Å²) < 4.78 is 0. The fourth-order valence-electron chi connectivity index (χ4n) is 0.428. The Morgan fingerprint density at radius 3 is 1.15 bits per heavy atom. The summed E-state index contributed by atoms with van der Waals surface area (Å²) in [5, 5.41) is 15.8. The van der Waals surface area contributed by atoms with Crippen LogP contribution < -0.4 is 0 Å². The van der Waals surface area contributed by atoms with Crippen LogP contribution in [0.5, 0.6) is 0 Å². The standard InChI is InChI=1S/2C4H8O2.H2Te/c2*1-2-3-4(5)6;/h2*2-3H2,1H3,(H,5,6);1H2. The summed E-state index contributed by atoms with van der Waals surface area (Å²) in [7, 11) is 0. The summed E-state index contributed by atoms with van der Waals surface area (Å²) in [4.78, 5) is 19.2. The minimum absolute atomic E-state index is 0. The van der Waals surface area contributed by atoms with E-state index in [1.807, 2.05) is 13.8 Å². The third-order valence-electron chi connectivity index (χ3n) is 0.928. The first-order valence-electron chi connectivity index (χ1n) is 3.98. The summed E-state index contributed by atoms with van der Waals surface area (Å²) in [6.45, 7) is 3.68. The van der Waals surface area contributed by atoms with E-state index in [1.54, 1.807) is 0 Å². The van der Waals surface area contributed by atoms with Gasteiger partial charge >= 0.3 is 35.6 Å². The normalized spacial score (nSPS) is 7.54. The van der Waals surface area contributed by atoms with Crippen LogP contribution in [0.3, 0.4) is 0 Å². The molecular formula is C8H18O4Te. The van der Waals surface area contributed by atoms with Gasteiger partial charge in [0, 0.05) is 12.8 Å². The summed E-state index contributed by atoms with van der Waals surface area (Å²) in [5.41, 5.74) is 0. The van der Waals surface area contributed by atoms with E-state index in [4.69, 9.17) is 10.2 Å². The van der Waals surface area contributed by atoms with E-state index in [0.29, 0.717) is 12.8 Å². The Morgan fingerprint density at radius 2 is 1.15 bits per heavy atom. The Labute approximate surface area is 95.1 Å². The Morgan fingerprint density at radius 1 is 0.923 bits per heavy atom. The molecule has 0 fully saturated rings. The average molecular weight is 306 g/mol. The van der Waals surface area contributed by atoms with Gasteiger partial charge in [-0.05, 0) is 12.8 Å². The quantitative estimate of drug-likeness (QED) is 0.754. The number of aliphatic carboxylic acids is 2. The van der Waals surface area contributed by atoms with E-state index >= 15 is 0 Å². The molecule has 0 saturated heterocycles. The molecule has 0 atom stereocenters. The van der Waals surface area contributed by atoms with E-state index in [1.165, 1.54) is 0 Å². The second-order valence-electron chi connectivity index (χ2n) is 2.29. The average Bonchev–Trinajstić information content (AvgIpc) is 1.87. The number of rotatable bonds is 4. The van der Waals surface area contributed by atoms with Crippen LogP contribution in [0.2, 0.25) is 0 Å². The zero-order valence-corrected chi connectivity index (χ0v) is 10.9. The molecule has 0 rings (SSSR count). The van der Waals surface area contributed by atoms with Crippen LogP contribution in [0.1, 0.15) is 39.5 Å². The van der Waals surface area contributed by atoms with Crippen LogP contribution in [0.15, 0.2) is 0 Å². The first-order valence-corrected chi connectivity index (χ1v) is 3.98. The van der Waals surface area contributed by atoms with Crippen molar-refractivity contribution in [3.63, 3.8) is 0 Å². The summed E-state index contributed by atoms with van der Waals surface area (Å²) in [5.74, 6) is -1.42. The predicted molar refractivity (Wildman–Crippen MR) is 53.6 cm³/mol. The molecule has 0 radical (unpaired) electrons. The van der Waals surface area contributed by atoms with Crippen LogP contribution in [0.25, 0.3) is 0 Å². The van der Waals surface area contributed by atoms with Crippen molar-refractivity contribution in [2.75, 3.05) is 0 Å². The van der Waals surface area contributed by atoms with Gasteiger partial charge in [0.1, 0.15) is 0 Å². The van der Waals surface area contributed by atoms with Gasteiger partial charge in [-0.1, -0.05) is 13.8 Å². The first kappa shape index (κ1) is 18.5. The van der Waals surface area contributed by atoms with Crippen molar-refractivity contribution >= 4 is 35.6 Å². The maximum atomic E-state index is 9.60. The molecule has 4 nitrogen and oxygen atoms in total. The SMILES string of the molecule is CCCC(=O)O.CCCC(=O)O.[TeH2]. The predicted octanol–water partition coefficient (Wildman–Crippen LogP) is 0.826. The fraction of sp³-hybridized carbons (Fsp3) is 0.750. The van der Waals surface area contributed by atoms with E-state index < -0.39 is 11.9 Å². The summed E-state index contributed by atoms with van der Waals surface area (Å²) in [6.07, 6.45) is 2.05. The molecule has 0 amide bonds. The molecule has 0 bridgehead atoms. The van der Waals surface area contributed by atoms with Crippen molar-refractivity contribution in [3.05, 3.63) is 0 Å². The van der Waals surface area contributed by atoms with Crippen LogP contribution in [0, 0.1) is 0 Å². The molecular weight excluding hydrogens is 288 g/mol. The molecule has 13 heavy (non-hydrogen) atoms. The molecule has 0 saturated carbocycles. The Balaban J connectivity index is -0.000000143. The number of hydrogen-bond acceptors (Lipinski definition) is 2. The molecule has 0 aliphatic carbocycles. The van der Waals surface area contributed by atoms with E-state index in [2.05, 4.69) is 0 Å². The van der Waals surface area contributed by atoms with Gasteiger partial charge in [0.25, 0.3) is 0 Å². The van der Waals surface area contributed by atoms with Gasteiger partial charge in [0.15, 0.2) is 0 Å². The molecule has 0 heterocycles. The molecule has 2 N–H and O–H groups in total. The number of carbonyl (C=O) groups is 2. The van der Waals surface area contributed by atoms with E-state index in [9.17, 15) is 9.59 Å². The molecule has 0 spiro atoms. The Bertz CT molecular complexity index is 120. The third kappa shape index (κ3) is 33.8. The Kier molecular flexibility index (Phi) is 20.3. The molecule has 0 aromatic carbocycles. The topological polar surface area (TPSA) is 74.6 Å². The van der Waals surface area contributed by atoms with Gasteiger partial charge in [-0.2, -0.15) is 0 Å². The second kappa shape index (κ2) is 14.3. The number of hydrogen-bond donors (Lipinski definition) is 2. The molecule has 5 heteroatoms. The zero-order valence-electron chi connectivity index (χ0n) is 8.04. The second-order valence-corrected chi connectivity index (χ2v) is 2.29.